The summed E-state index contributed by atoms with van der Waals surface area (Å²) in [6.45, 7) is 1.81. The lowest BCUT2D eigenvalue weighted by Crippen LogP contribution is -2.18. The van der Waals surface area contributed by atoms with E-state index in [0.29, 0.717) is 17.6 Å². The van der Waals surface area contributed by atoms with Gasteiger partial charge in [-0.25, -0.2) is 0 Å². The molecule has 4 saturated carbocycles. The van der Waals surface area contributed by atoms with Crippen molar-refractivity contribution >= 4 is 5.78 Å². The Kier molecular flexibility index (Phi) is 3.22. The van der Waals surface area contributed by atoms with E-state index >= 15 is 0 Å². The summed E-state index contributed by atoms with van der Waals surface area (Å²) in [4.78, 5) is 12.6. The molecule has 122 valence electrons. The number of ketones is 1. The maximum absolute atomic E-state index is 12.6. The molecule has 1 heteroatoms. The van der Waals surface area contributed by atoms with Crippen LogP contribution >= 0.6 is 0 Å². The molecule has 4 unspecified atom stereocenters. The third-order valence-corrected chi connectivity index (χ3v) is 7.76. The quantitative estimate of drug-likeness (QED) is 0.655. The second-order valence-corrected chi connectivity index (χ2v) is 8.93. The molecule has 4 fully saturated rings. The number of carbonyl (C=O) groups excluding carboxylic acids is 1. The highest BCUT2D eigenvalue weighted by Gasteiger charge is 2.44. The third kappa shape index (κ3) is 2.15. The molecule has 0 aliphatic heterocycles. The molecule has 0 amide bonds. The van der Waals surface area contributed by atoms with E-state index < -0.39 is 0 Å². The van der Waals surface area contributed by atoms with Crippen molar-refractivity contribution in [3.8, 4) is 0 Å². The highest BCUT2D eigenvalue weighted by molar-refractivity contribution is 5.97. The number of Topliss-reactive ketones (excluding diaryl/α,β-unsaturated/α-hetero) is 1. The van der Waals surface area contributed by atoms with E-state index in [-0.39, 0.29) is 0 Å². The van der Waals surface area contributed by atoms with Gasteiger partial charge in [-0.3, -0.25) is 4.79 Å². The predicted molar refractivity (Wildman–Crippen MR) is 92.8 cm³/mol. The van der Waals surface area contributed by atoms with Gasteiger partial charge >= 0.3 is 0 Å². The lowest BCUT2D eigenvalue weighted by Gasteiger charge is -2.29. The smallest absolute Gasteiger partial charge is 0.160 e. The fourth-order valence-corrected chi connectivity index (χ4v) is 6.86. The zero-order valence-electron chi connectivity index (χ0n) is 14.3. The Labute approximate surface area is 139 Å². The number of benzene rings is 1. The van der Waals surface area contributed by atoms with Gasteiger partial charge in [-0.1, -0.05) is 31.0 Å². The first-order valence-electron chi connectivity index (χ1n) is 9.84. The van der Waals surface area contributed by atoms with E-state index in [9.17, 15) is 4.79 Å². The van der Waals surface area contributed by atoms with Gasteiger partial charge in [0.2, 0.25) is 0 Å². The molecule has 1 nitrogen and oxygen atoms in total. The Balaban J connectivity index is 1.56. The third-order valence-electron chi connectivity index (χ3n) is 7.76. The first-order chi connectivity index (χ1) is 11.2. The lowest BCUT2D eigenvalue weighted by atomic mass is 9.75. The molecule has 4 aliphatic carbocycles. The lowest BCUT2D eigenvalue weighted by molar-refractivity contribution is 0.101. The van der Waals surface area contributed by atoms with Crippen LogP contribution in [0.25, 0.3) is 0 Å². The molecular formula is C22H28O. The van der Waals surface area contributed by atoms with Crippen molar-refractivity contribution < 1.29 is 4.79 Å². The monoisotopic (exact) mass is 308 g/mol. The minimum atomic E-state index is 0.321. The van der Waals surface area contributed by atoms with Crippen LogP contribution in [0.15, 0.2) is 18.2 Å². The van der Waals surface area contributed by atoms with Crippen molar-refractivity contribution in [3.05, 3.63) is 34.9 Å². The van der Waals surface area contributed by atoms with E-state index in [2.05, 4.69) is 18.2 Å². The van der Waals surface area contributed by atoms with Crippen molar-refractivity contribution in [1.29, 1.82) is 0 Å². The van der Waals surface area contributed by atoms with Crippen LogP contribution in [0.3, 0.4) is 0 Å². The average molecular weight is 308 g/mol. The van der Waals surface area contributed by atoms with Crippen LogP contribution in [0.2, 0.25) is 0 Å². The largest absolute Gasteiger partial charge is 0.294 e. The van der Waals surface area contributed by atoms with Crippen molar-refractivity contribution in [2.75, 3.05) is 0 Å². The van der Waals surface area contributed by atoms with Crippen LogP contribution in [0, 0.1) is 23.7 Å². The van der Waals surface area contributed by atoms with E-state index in [1.807, 2.05) is 6.92 Å². The highest BCUT2D eigenvalue weighted by atomic mass is 16.1. The van der Waals surface area contributed by atoms with E-state index in [1.54, 1.807) is 0 Å². The number of hydrogen-bond acceptors (Lipinski definition) is 1. The maximum atomic E-state index is 12.6. The summed E-state index contributed by atoms with van der Waals surface area (Å²) in [5, 5.41) is 0. The summed E-state index contributed by atoms with van der Waals surface area (Å²) in [5.74, 6) is 5.26. The van der Waals surface area contributed by atoms with Crippen LogP contribution in [-0.2, 0) is 0 Å². The SMILES string of the molecule is CC(=O)c1c(C2CC3CC[C@@H]2C3)cccc1[C@H]1CC2CCC1C2. The van der Waals surface area contributed by atoms with Crippen molar-refractivity contribution in [1.82, 2.24) is 0 Å². The second kappa shape index (κ2) is 5.19. The fraction of sp³-hybridized carbons (Fsp3) is 0.682. The summed E-state index contributed by atoms with van der Waals surface area (Å²) in [7, 11) is 0. The van der Waals surface area contributed by atoms with Gasteiger partial charge in [0.15, 0.2) is 5.78 Å². The molecule has 5 rings (SSSR count). The van der Waals surface area contributed by atoms with Gasteiger partial charge in [0.05, 0.1) is 0 Å². The Morgan fingerprint density at radius 3 is 1.70 bits per heavy atom. The van der Waals surface area contributed by atoms with Crippen molar-refractivity contribution in [2.24, 2.45) is 23.7 Å². The number of rotatable bonds is 3. The summed E-state index contributed by atoms with van der Waals surface area (Å²) in [6.07, 6.45) is 11.2. The highest BCUT2D eigenvalue weighted by Crippen LogP contribution is 2.56. The van der Waals surface area contributed by atoms with Gasteiger partial charge in [0, 0.05) is 5.56 Å². The Morgan fingerprint density at radius 2 is 1.35 bits per heavy atom. The van der Waals surface area contributed by atoms with Gasteiger partial charge in [0.25, 0.3) is 0 Å². The predicted octanol–water partition coefficient (Wildman–Crippen LogP) is 5.70. The first kappa shape index (κ1) is 14.3. The topological polar surface area (TPSA) is 17.1 Å². The fourth-order valence-electron chi connectivity index (χ4n) is 6.86. The Hall–Kier alpha value is -1.11. The molecule has 0 N–H and O–H groups in total. The van der Waals surface area contributed by atoms with E-state index in [1.165, 1.54) is 62.5 Å². The maximum Gasteiger partial charge on any atom is 0.160 e. The van der Waals surface area contributed by atoms with Crippen LogP contribution in [0.1, 0.15) is 91.6 Å². The number of fused-ring (bicyclic) bond motifs is 4. The Bertz CT molecular complexity index is 599. The van der Waals surface area contributed by atoms with Crippen molar-refractivity contribution in [3.63, 3.8) is 0 Å². The number of hydrogen-bond donors (Lipinski definition) is 0. The molecule has 0 radical (unpaired) electrons. The summed E-state index contributed by atoms with van der Waals surface area (Å²) in [5.41, 5.74) is 3.98. The molecule has 1 aromatic rings. The molecule has 4 bridgehead atoms. The normalized spacial score (nSPS) is 40.9. The molecule has 23 heavy (non-hydrogen) atoms. The van der Waals surface area contributed by atoms with E-state index in [0.717, 1.165) is 29.2 Å². The standard InChI is InChI=1S/C22H28O/c1-13(23)22-18(20-11-14-5-7-16(20)9-14)3-2-4-19(22)21-12-15-6-8-17(21)10-15/h2-4,14-17,20-21H,5-12H2,1H3/t14?,15?,16-,17?,20?,21+/m1/s1. The van der Waals surface area contributed by atoms with Crippen LogP contribution in [0.5, 0.6) is 0 Å². The first-order valence-corrected chi connectivity index (χ1v) is 9.84. The Morgan fingerprint density at radius 1 is 0.826 bits per heavy atom. The summed E-state index contributed by atoms with van der Waals surface area (Å²) >= 11 is 0. The molecule has 6 atom stereocenters. The van der Waals surface area contributed by atoms with Crippen LogP contribution < -0.4 is 0 Å². The van der Waals surface area contributed by atoms with E-state index in [4.69, 9.17) is 0 Å². The van der Waals surface area contributed by atoms with Crippen molar-refractivity contribution in [2.45, 2.75) is 70.1 Å². The van der Waals surface area contributed by atoms with Gasteiger partial charge in [-0.15, -0.1) is 0 Å². The van der Waals surface area contributed by atoms with Gasteiger partial charge < -0.3 is 0 Å². The molecule has 0 spiro atoms. The second-order valence-electron chi connectivity index (χ2n) is 8.93. The van der Waals surface area contributed by atoms with Gasteiger partial charge in [-0.2, -0.15) is 0 Å². The van der Waals surface area contributed by atoms with Crippen LogP contribution in [-0.4, -0.2) is 5.78 Å². The molecular weight excluding hydrogens is 280 g/mol. The zero-order chi connectivity index (χ0) is 15.6. The molecule has 4 aliphatic rings. The molecule has 0 heterocycles. The molecule has 0 aromatic heterocycles. The van der Waals surface area contributed by atoms with Gasteiger partial charge in [0.1, 0.15) is 0 Å². The zero-order valence-corrected chi connectivity index (χ0v) is 14.3. The minimum Gasteiger partial charge on any atom is -0.294 e. The summed E-state index contributed by atoms with van der Waals surface area (Å²) in [6, 6.07) is 6.84. The van der Waals surface area contributed by atoms with Crippen LogP contribution in [0.4, 0.5) is 0 Å². The molecule has 1 aromatic carbocycles. The minimum absolute atomic E-state index is 0.321. The molecule has 0 saturated heterocycles. The van der Waals surface area contributed by atoms with Gasteiger partial charge in [-0.05, 0) is 92.1 Å². The average Bonchev–Trinajstić information content (AvgIpc) is 3.33. The summed E-state index contributed by atoms with van der Waals surface area (Å²) < 4.78 is 0. The number of carbonyl (C=O) groups is 1.